The van der Waals surface area contributed by atoms with Crippen LogP contribution in [0.2, 0.25) is 0 Å². The summed E-state index contributed by atoms with van der Waals surface area (Å²) in [7, 11) is -2.31. The maximum Gasteiger partial charge on any atom is 0.434 e. The van der Waals surface area contributed by atoms with Crippen molar-refractivity contribution in [1.82, 2.24) is 29.0 Å². The first-order valence-electron chi connectivity index (χ1n) is 14.8. The van der Waals surface area contributed by atoms with Gasteiger partial charge in [0, 0.05) is 37.9 Å². The van der Waals surface area contributed by atoms with E-state index in [4.69, 9.17) is 19.5 Å². The molecule has 1 unspecified atom stereocenters. The van der Waals surface area contributed by atoms with E-state index in [9.17, 15) is 18.5 Å². The molecule has 2 aliphatic heterocycles. The topological polar surface area (TPSA) is 163 Å². The SMILES string of the molecule is Cn1c(CN(c2cnc3c(c2)C(OCC2CCC(n4ccnc4)CC2)=NC(N2CCOCC2)C3)S(C)(=O)=O)cnc1[N+](=O)[O-]. The highest BCUT2D eigenvalue weighted by atomic mass is 32.2. The number of rotatable bonds is 9. The first kappa shape index (κ1) is 30.1. The minimum atomic E-state index is -3.80. The smallest absolute Gasteiger partial charge is 0.434 e. The molecule has 0 spiro atoms. The molecule has 2 fully saturated rings. The van der Waals surface area contributed by atoms with E-state index in [1.54, 1.807) is 6.07 Å². The molecule has 16 heteroatoms. The minimum Gasteiger partial charge on any atom is -0.477 e. The third-order valence-corrected chi connectivity index (χ3v) is 9.87. The van der Waals surface area contributed by atoms with Crippen molar-refractivity contribution in [3.05, 3.63) is 64.2 Å². The Balaban J connectivity index is 1.25. The Hall–Kier alpha value is -3.89. The fourth-order valence-corrected chi connectivity index (χ4v) is 7.03. The third kappa shape index (κ3) is 6.46. The predicted molar refractivity (Wildman–Crippen MR) is 161 cm³/mol. The lowest BCUT2D eigenvalue weighted by Gasteiger charge is -2.35. The fraction of sp³-hybridized carbons (Fsp3) is 0.571. The molecule has 0 bridgehead atoms. The number of anilines is 1. The van der Waals surface area contributed by atoms with Crippen LogP contribution in [0.25, 0.3) is 0 Å². The molecule has 0 radical (unpaired) electrons. The molecular weight excluding hydrogens is 590 g/mol. The first-order valence-corrected chi connectivity index (χ1v) is 16.6. The van der Waals surface area contributed by atoms with Crippen LogP contribution in [0.15, 0.2) is 42.2 Å². The molecule has 1 saturated heterocycles. The molecule has 44 heavy (non-hydrogen) atoms. The van der Waals surface area contributed by atoms with Gasteiger partial charge >= 0.3 is 5.95 Å². The zero-order chi connectivity index (χ0) is 30.8. The number of hydrogen-bond acceptors (Lipinski definition) is 11. The van der Waals surface area contributed by atoms with E-state index >= 15 is 0 Å². The maximum atomic E-state index is 13.0. The van der Waals surface area contributed by atoms with Crippen LogP contribution < -0.4 is 4.31 Å². The number of sulfonamides is 1. The number of nitrogens with zero attached hydrogens (tertiary/aromatic N) is 9. The predicted octanol–water partition coefficient (Wildman–Crippen LogP) is 2.30. The molecule has 1 saturated carbocycles. The van der Waals surface area contributed by atoms with Crippen molar-refractivity contribution in [2.75, 3.05) is 43.5 Å². The van der Waals surface area contributed by atoms with Crippen LogP contribution in [0, 0.1) is 16.0 Å². The molecule has 0 amide bonds. The second-order valence-electron chi connectivity index (χ2n) is 11.6. The van der Waals surface area contributed by atoms with Gasteiger partial charge in [-0.3, -0.25) is 14.2 Å². The van der Waals surface area contributed by atoms with Crippen LogP contribution in [0.3, 0.4) is 0 Å². The summed E-state index contributed by atoms with van der Waals surface area (Å²) in [5, 5.41) is 11.3. The van der Waals surface area contributed by atoms with Gasteiger partial charge in [-0.1, -0.05) is 4.98 Å². The van der Waals surface area contributed by atoms with Crippen molar-refractivity contribution >= 4 is 27.6 Å². The number of fused-ring (bicyclic) bond motifs is 1. The Bertz CT molecular complexity index is 1610. The molecule has 0 N–H and O–H groups in total. The van der Waals surface area contributed by atoms with Crippen LogP contribution in [0.4, 0.5) is 11.6 Å². The van der Waals surface area contributed by atoms with E-state index in [0.29, 0.717) is 61.0 Å². The van der Waals surface area contributed by atoms with E-state index in [2.05, 4.69) is 19.4 Å². The summed E-state index contributed by atoms with van der Waals surface area (Å²) >= 11 is 0. The number of imidazole rings is 2. The average Bonchev–Trinajstić information content (AvgIpc) is 3.69. The largest absolute Gasteiger partial charge is 0.477 e. The van der Waals surface area contributed by atoms with Gasteiger partial charge in [-0.15, -0.1) is 0 Å². The second-order valence-corrected chi connectivity index (χ2v) is 13.5. The summed E-state index contributed by atoms with van der Waals surface area (Å²) in [5.74, 6) is 0.459. The van der Waals surface area contributed by atoms with Gasteiger partial charge in [-0.2, -0.15) is 0 Å². The van der Waals surface area contributed by atoms with Crippen molar-refractivity contribution in [2.24, 2.45) is 18.0 Å². The highest BCUT2D eigenvalue weighted by Gasteiger charge is 2.32. The van der Waals surface area contributed by atoms with Gasteiger partial charge < -0.3 is 24.2 Å². The standard InChI is InChI=1S/C28H37N9O6S/c1-33-23(16-31-28(33)37(38)39)17-36(44(2,40)41)22-13-24-25(30-15-22)14-26(34-9-11-42-12-10-34)32-27(24)43-18-20-3-5-21(6-4-20)35-8-7-29-19-35/h7-8,13,15-16,19-21,26H,3-6,9-12,14,17-18H2,1-2H3. The number of hydrogen-bond donors (Lipinski definition) is 0. The Morgan fingerprint density at radius 2 is 1.93 bits per heavy atom. The van der Waals surface area contributed by atoms with Gasteiger partial charge in [0.05, 0.1) is 69.1 Å². The van der Waals surface area contributed by atoms with Gasteiger partial charge in [-0.25, -0.2) is 23.0 Å². The van der Waals surface area contributed by atoms with Crippen molar-refractivity contribution in [3.8, 4) is 0 Å². The van der Waals surface area contributed by atoms with Gasteiger partial charge in [0.15, 0.2) is 0 Å². The average molecular weight is 628 g/mol. The summed E-state index contributed by atoms with van der Waals surface area (Å²) in [6.07, 6.45) is 14.2. The van der Waals surface area contributed by atoms with E-state index in [1.807, 2.05) is 18.7 Å². The molecule has 5 heterocycles. The van der Waals surface area contributed by atoms with Crippen molar-refractivity contribution in [3.63, 3.8) is 0 Å². The third-order valence-electron chi connectivity index (χ3n) is 8.73. The molecule has 15 nitrogen and oxygen atoms in total. The highest BCUT2D eigenvalue weighted by Crippen LogP contribution is 2.33. The summed E-state index contributed by atoms with van der Waals surface area (Å²) in [6, 6.07) is 2.19. The number of pyridine rings is 1. The molecular formula is C28H37N9O6S. The Labute approximate surface area is 255 Å². The second kappa shape index (κ2) is 12.6. The Kier molecular flexibility index (Phi) is 8.64. The lowest BCUT2D eigenvalue weighted by atomic mass is 9.86. The summed E-state index contributed by atoms with van der Waals surface area (Å²) in [6.45, 7) is 3.13. The zero-order valence-corrected chi connectivity index (χ0v) is 25.7. The highest BCUT2D eigenvalue weighted by molar-refractivity contribution is 7.92. The molecule has 236 valence electrons. The first-order chi connectivity index (χ1) is 21.2. The van der Waals surface area contributed by atoms with Gasteiger partial charge in [0.1, 0.15) is 18.1 Å². The molecule has 3 aliphatic rings. The number of aliphatic imine (C=N–C) groups is 1. The van der Waals surface area contributed by atoms with Gasteiger partial charge in [-0.05, 0) is 42.6 Å². The quantitative estimate of drug-likeness (QED) is 0.254. The Morgan fingerprint density at radius 3 is 2.59 bits per heavy atom. The monoisotopic (exact) mass is 627 g/mol. The summed E-state index contributed by atoms with van der Waals surface area (Å²) < 4.78 is 42.6. The van der Waals surface area contributed by atoms with Crippen molar-refractivity contribution < 1.29 is 22.8 Å². The molecule has 1 atom stereocenters. The summed E-state index contributed by atoms with van der Waals surface area (Å²) in [4.78, 5) is 30.7. The summed E-state index contributed by atoms with van der Waals surface area (Å²) in [5.41, 5.74) is 2.12. The van der Waals surface area contributed by atoms with E-state index in [-0.39, 0.29) is 18.7 Å². The molecule has 0 aromatic carbocycles. The van der Waals surface area contributed by atoms with Crippen LogP contribution >= 0.6 is 0 Å². The fourth-order valence-electron chi connectivity index (χ4n) is 6.18. The number of nitro groups is 1. The Morgan fingerprint density at radius 1 is 1.16 bits per heavy atom. The van der Waals surface area contributed by atoms with E-state index in [1.165, 1.54) is 28.3 Å². The van der Waals surface area contributed by atoms with Crippen LogP contribution in [0.1, 0.15) is 48.7 Å². The molecule has 3 aromatic heterocycles. The number of aromatic nitrogens is 5. The van der Waals surface area contributed by atoms with E-state index < -0.39 is 14.9 Å². The van der Waals surface area contributed by atoms with Gasteiger partial charge in [0.25, 0.3) is 0 Å². The van der Waals surface area contributed by atoms with Crippen molar-refractivity contribution in [1.29, 1.82) is 0 Å². The lowest BCUT2D eigenvalue weighted by Crippen LogP contribution is -2.45. The van der Waals surface area contributed by atoms with Crippen LogP contribution in [0.5, 0.6) is 0 Å². The van der Waals surface area contributed by atoms with Crippen LogP contribution in [-0.2, 0) is 39.5 Å². The minimum absolute atomic E-state index is 0.152. The number of morpholine rings is 1. The maximum absolute atomic E-state index is 13.0. The van der Waals surface area contributed by atoms with Crippen molar-refractivity contribution in [2.45, 2.75) is 50.9 Å². The number of ether oxygens (including phenoxy) is 2. The van der Waals surface area contributed by atoms with E-state index in [0.717, 1.165) is 50.7 Å². The molecule has 3 aromatic rings. The molecule has 6 rings (SSSR count). The van der Waals surface area contributed by atoms with Crippen LogP contribution in [-0.4, -0.2) is 93.6 Å². The zero-order valence-electron chi connectivity index (χ0n) is 24.9. The lowest BCUT2D eigenvalue weighted by molar-refractivity contribution is -0.396. The molecule has 1 aliphatic carbocycles. The normalized spacial score (nSPS) is 22.7. The van der Waals surface area contributed by atoms with Gasteiger partial charge in [0.2, 0.25) is 15.9 Å².